The van der Waals surface area contributed by atoms with Crippen molar-refractivity contribution in [3.63, 3.8) is 0 Å². The van der Waals surface area contributed by atoms with Crippen molar-refractivity contribution in [3.05, 3.63) is 64.8 Å². The Hall–Kier alpha value is -3.75. The molecular weight excluding hydrogens is 526 g/mol. The van der Waals surface area contributed by atoms with Crippen LogP contribution >= 0.6 is 11.5 Å². The Morgan fingerprint density at radius 2 is 1.92 bits per heavy atom. The lowest BCUT2D eigenvalue weighted by molar-refractivity contribution is 0.103. The summed E-state index contributed by atoms with van der Waals surface area (Å²) in [7, 11) is 1.58. The summed E-state index contributed by atoms with van der Waals surface area (Å²) in [5.74, 6) is -2.31. The maximum Gasteiger partial charge on any atom is 0.269 e. The average Bonchev–Trinajstić information content (AvgIpc) is 3.33. The number of nitrogen functional groups attached to an aromatic ring is 1. The fourth-order valence-electron chi connectivity index (χ4n) is 3.61. The minimum Gasteiger partial charge on any atom is -0.497 e. The number of amides is 1. The van der Waals surface area contributed by atoms with Gasteiger partial charge >= 0.3 is 0 Å². The number of hydrogen-bond donors (Lipinski definition) is 3. The third kappa shape index (κ3) is 5.81. The number of fused-ring (bicyclic) bond motifs is 1. The monoisotopic (exact) mass is 548 g/mol. The zero-order valence-electron chi connectivity index (χ0n) is 19.5. The molecule has 0 radical (unpaired) electrons. The van der Waals surface area contributed by atoms with Crippen molar-refractivity contribution in [1.82, 2.24) is 14.3 Å². The van der Waals surface area contributed by atoms with E-state index in [2.05, 4.69) is 19.7 Å². The van der Waals surface area contributed by atoms with E-state index < -0.39 is 34.5 Å². The maximum absolute atomic E-state index is 15.4. The van der Waals surface area contributed by atoms with E-state index in [1.807, 2.05) is 24.3 Å². The van der Waals surface area contributed by atoms with Gasteiger partial charge in [-0.15, -0.1) is 0 Å². The van der Waals surface area contributed by atoms with Crippen molar-refractivity contribution in [2.45, 2.75) is 19.3 Å². The van der Waals surface area contributed by atoms with Gasteiger partial charge in [-0.05, 0) is 60.6 Å². The number of aromatic nitrogens is 3. The van der Waals surface area contributed by atoms with Gasteiger partial charge in [0, 0.05) is 6.54 Å². The third-order valence-electron chi connectivity index (χ3n) is 5.50. The first kappa shape index (κ1) is 26.3. The van der Waals surface area contributed by atoms with Gasteiger partial charge in [-0.3, -0.25) is 13.7 Å². The predicted octanol–water partition coefficient (Wildman–Crippen LogP) is 4.17. The molecule has 0 aliphatic rings. The van der Waals surface area contributed by atoms with Crippen LogP contribution in [-0.4, -0.2) is 42.7 Å². The SMILES string of the molecule is COc1ccc(CCCCN(c2ccc(F)c(NC(=O)c3snc4c(N)ncnc34)c2F)S(=O)O)cc1. The lowest BCUT2D eigenvalue weighted by atomic mass is 10.1. The summed E-state index contributed by atoms with van der Waals surface area (Å²) in [6, 6.07) is 9.48. The first-order chi connectivity index (χ1) is 17.8. The standard InChI is InChI=1S/C23H22F2N6O4S2/c1-35-14-7-5-13(6-8-14)4-2-3-11-31(37(33)34)16-10-9-15(24)18(17(16)25)29-23(32)21-19-20(30-36-21)22(26)28-12-27-19/h5-10,12H,2-4,11H2,1H3,(H,29,32)(H,33,34)(H2,26,27,28). The van der Waals surface area contributed by atoms with Crippen LogP contribution in [0.3, 0.4) is 0 Å². The molecule has 0 fully saturated rings. The van der Waals surface area contributed by atoms with Gasteiger partial charge in [0.1, 0.15) is 39.5 Å². The van der Waals surface area contributed by atoms with Crippen LogP contribution in [0.25, 0.3) is 11.0 Å². The highest BCUT2D eigenvalue weighted by atomic mass is 32.2. The van der Waals surface area contributed by atoms with Crippen molar-refractivity contribution in [3.8, 4) is 5.75 Å². The summed E-state index contributed by atoms with van der Waals surface area (Å²) in [6.07, 6.45) is 2.94. The second-order valence-corrected chi connectivity index (χ2v) is 9.49. The molecule has 4 aromatic rings. The van der Waals surface area contributed by atoms with Crippen LogP contribution in [0.15, 0.2) is 42.7 Å². The molecule has 37 heavy (non-hydrogen) atoms. The van der Waals surface area contributed by atoms with Gasteiger partial charge in [0.25, 0.3) is 17.2 Å². The number of aryl methyl sites for hydroxylation is 1. The van der Waals surface area contributed by atoms with Crippen LogP contribution in [-0.2, 0) is 17.7 Å². The topological polar surface area (TPSA) is 144 Å². The number of unbranched alkanes of at least 4 members (excludes halogenated alkanes) is 1. The number of nitrogens with two attached hydrogens (primary N) is 1. The van der Waals surface area contributed by atoms with Crippen LogP contribution in [0.2, 0.25) is 0 Å². The number of hydrogen-bond acceptors (Lipinski definition) is 8. The number of anilines is 3. The Kier molecular flexibility index (Phi) is 8.21. The number of benzene rings is 2. The van der Waals surface area contributed by atoms with Gasteiger partial charge in [0.2, 0.25) is 0 Å². The van der Waals surface area contributed by atoms with E-state index in [0.717, 1.165) is 45.6 Å². The summed E-state index contributed by atoms with van der Waals surface area (Å²) in [5, 5.41) is 2.19. The Bertz CT molecular complexity index is 1450. The summed E-state index contributed by atoms with van der Waals surface area (Å²) in [4.78, 5) is 20.5. The normalized spacial score (nSPS) is 11.9. The highest BCUT2D eigenvalue weighted by molar-refractivity contribution is 7.80. The Labute approximate surface area is 217 Å². The number of ether oxygens (including phenoxy) is 1. The van der Waals surface area contributed by atoms with Gasteiger partial charge in [-0.25, -0.2) is 23.0 Å². The molecular formula is C23H22F2N6O4S2. The number of nitrogens with zero attached hydrogens (tertiary/aromatic N) is 4. The lowest BCUT2D eigenvalue weighted by Gasteiger charge is -2.22. The minimum absolute atomic E-state index is 0.0187. The molecule has 0 aliphatic carbocycles. The third-order valence-corrected chi connectivity index (χ3v) is 7.09. The van der Waals surface area contributed by atoms with E-state index in [1.54, 1.807) is 7.11 Å². The van der Waals surface area contributed by atoms with Crippen LogP contribution in [0, 0.1) is 11.6 Å². The Morgan fingerprint density at radius 1 is 1.16 bits per heavy atom. The van der Waals surface area contributed by atoms with Crippen molar-refractivity contribution in [2.75, 3.05) is 29.0 Å². The quantitative estimate of drug-likeness (QED) is 0.198. The van der Waals surface area contributed by atoms with Gasteiger partial charge in [0.15, 0.2) is 11.6 Å². The van der Waals surface area contributed by atoms with Crippen molar-refractivity contribution in [1.29, 1.82) is 0 Å². The van der Waals surface area contributed by atoms with E-state index in [1.165, 1.54) is 0 Å². The summed E-state index contributed by atoms with van der Waals surface area (Å²) in [6.45, 7) is 0.0187. The Morgan fingerprint density at radius 3 is 2.62 bits per heavy atom. The smallest absolute Gasteiger partial charge is 0.269 e. The summed E-state index contributed by atoms with van der Waals surface area (Å²) >= 11 is -1.84. The molecule has 0 saturated carbocycles. The van der Waals surface area contributed by atoms with Crippen molar-refractivity contribution in [2.24, 2.45) is 0 Å². The first-order valence-electron chi connectivity index (χ1n) is 11.0. The Balaban J connectivity index is 1.49. The first-order valence-corrected chi connectivity index (χ1v) is 12.8. The fourth-order valence-corrected chi connectivity index (χ4v) is 4.94. The van der Waals surface area contributed by atoms with Gasteiger partial charge in [-0.1, -0.05) is 12.1 Å². The summed E-state index contributed by atoms with van der Waals surface area (Å²) < 4.78 is 61.8. The molecule has 0 aliphatic heterocycles. The molecule has 2 aromatic carbocycles. The molecule has 0 bridgehead atoms. The number of nitrogens with one attached hydrogen (secondary N) is 1. The summed E-state index contributed by atoms with van der Waals surface area (Å²) in [5.41, 5.74) is 6.02. The van der Waals surface area contributed by atoms with Crippen LogP contribution < -0.4 is 20.1 Å². The van der Waals surface area contributed by atoms with Crippen LogP contribution in [0.1, 0.15) is 28.1 Å². The molecule has 14 heteroatoms. The predicted molar refractivity (Wildman–Crippen MR) is 138 cm³/mol. The molecule has 1 amide bonds. The van der Waals surface area contributed by atoms with E-state index in [9.17, 15) is 17.9 Å². The molecule has 194 valence electrons. The molecule has 2 heterocycles. The van der Waals surface area contributed by atoms with Gasteiger partial charge in [-0.2, -0.15) is 4.37 Å². The second-order valence-electron chi connectivity index (χ2n) is 7.82. The molecule has 1 atom stereocenters. The van der Waals surface area contributed by atoms with Crippen LogP contribution in [0.5, 0.6) is 5.75 Å². The van der Waals surface area contributed by atoms with Crippen LogP contribution in [0.4, 0.5) is 26.0 Å². The lowest BCUT2D eigenvalue weighted by Crippen LogP contribution is -2.28. The zero-order chi connectivity index (χ0) is 26.5. The molecule has 4 N–H and O–H groups in total. The van der Waals surface area contributed by atoms with Crippen molar-refractivity contribution < 1.29 is 27.1 Å². The number of rotatable bonds is 10. The second kappa shape index (κ2) is 11.5. The molecule has 0 spiro atoms. The number of methoxy groups -OCH3 is 1. The highest BCUT2D eigenvalue weighted by Gasteiger charge is 2.25. The molecule has 4 rings (SSSR count). The fraction of sp³-hybridized carbons (Fsp3) is 0.217. The molecule has 1 unspecified atom stereocenters. The minimum atomic E-state index is -2.59. The van der Waals surface area contributed by atoms with Crippen molar-refractivity contribution >= 4 is 56.9 Å². The molecule has 2 aromatic heterocycles. The molecule has 0 saturated heterocycles. The van der Waals surface area contributed by atoms with E-state index in [4.69, 9.17) is 10.5 Å². The number of carbonyl (C=O) groups excluding carboxylic acids is 1. The molecule has 10 nitrogen and oxygen atoms in total. The average molecular weight is 549 g/mol. The largest absolute Gasteiger partial charge is 0.497 e. The van der Waals surface area contributed by atoms with Gasteiger partial charge in [0.05, 0.1) is 12.8 Å². The highest BCUT2D eigenvalue weighted by Crippen LogP contribution is 2.31. The number of halogens is 2. The van der Waals surface area contributed by atoms with E-state index in [0.29, 0.717) is 19.3 Å². The number of carbonyl (C=O) groups is 1. The maximum atomic E-state index is 15.4. The van der Waals surface area contributed by atoms with Gasteiger partial charge < -0.3 is 15.8 Å². The van der Waals surface area contributed by atoms with E-state index in [-0.39, 0.29) is 34.0 Å². The van der Waals surface area contributed by atoms with E-state index >= 15 is 4.39 Å². The zero-order valence-corrected chi connectivity index (χ0v) is 21.1.